The molecular formula is C14H18ClFN2. The molecule has 0 radical (unpaired) electrons. The molecule has 0 spiro atoms. The summed E-state index contributed by atoms with van der Waals surface area (Å²) < 4.78 is 13.7. The van der Waals surface area contributed by atoms with Crippen molar-refractivity contribution in [2.75, 3.05) is 5.32 Å². The number of anilines is 1. The van der Waals surface area contributed by atoms with Gasteiger partial charge in [0, 0.05) is 12.2 Å². The molecule has 1 heterocycles. The first-order chi connectivity index (χ1) is 8.63. The second-order valence-electron chi connectivity index (χ2n) is 5.76. The number of hydrogen-bond donors (Lipinski definition) is 1. The van der Waals surface area contributed by atoms with Gasteiger partial charge in [0.25, 0.3) is 0 Å². The molecule has 4 atom stereocenters. The number of fused-ring (bicyclic) bond motifs is 2. The third-order valence-electron chi connectivity index (χ3n) is 4.61. The number of rotatable bonds is 3. The van der Waals surface area contributed by atoms with E-state index in [1.807, 2.05) is 0 Å². The molecular weight excluding hydrogens is 251 g/mol. The van der Waals surface area contributed by atoms with Crippen molar-refractivity contribution in [3.8, 4) is 0 Å². The van der Waals surface area contributed by atoms with Gasteiger partial charge in [-0.3, -0.25) is 0 Å². The summed E-state index contributed by atoms with van der Waals surface area (Å²) in [5.41, 5.74) is 0. The molecule has 0 aromatic carbocycles. The largest absolute Gasteiger partial charge is 0.365 e. The van der Waals surface area contributed by atoms with Crippen LogP contribution in [0.15, 0.2) is 12.3 Å². The molecule has 2 bridgehead atoms. The lowest BCUT2D eigenvalue weighted by Gasteiger charge is -2.29. The van der Waals surface area contributed by atoms with Gasteiger partial charge in [0.2, 0.25) is 0 Å². The molecule has 2 saturated carbocycles. The highest BCUT2D eigenvalue weighted by Gasteiger charge is 2.41. The molecule has 0 saturated heterocycles. The summed E-state index contributed by atoms with van der Waals surface area (Å²) in [6.07, 6.45) is 6.88. The first-order valence-corrected chi connectivity index (χ1v) is 7.09. The van der Waals surface area contributed by atoms with Crippen molar-refractivity contribution in [2.24, 2.45) is 17.8 Å². The fraction of sp³-hybridized carbons (Fsp3) is 0.643. The van der Waals surface area contributed by atoms with Gasteiger partial charge in [-0.05, 0) is 50.0 Å². The minimum absolute atomic E-state index is 0.281. The van der Waals surface area contributed by atoms with Crippen LogP contribution in [0.3, 0.4) is 0 Å². The lowest BCUT2D eigenvalue weighted by molar-refractivity contribution is 0.303. The Kier molecular flexibility index (Phi) is 3.18. The third-order valence-corrected chi connectivity index (χ3v) is 4.81. The highest BCUT2D eigenvalue weighted by Crippen LogP contribution is 2.49. The SMILES string of the molecule is CC(Nc1ncc(Cl)cc1F)C1CC2CCC1C2. The smallest absolute Gasteiger partial charge is 0.166 e. The van der Waals surface area contributed by atoms with Crippen LogP contribution in [0, 0.1) is 23.6 Å². The predicted molar refractivity (Wildman–Crippen MR) is 71.2 cm³/mol. The van der Waals surface area contributed by atoms with E-state index in [1.54, 1.807) is 0 Å². The van der Waals surface area contributed by atoms with Crippen LogP contribution in [-0.4, -0.2) is 11.0 Å². The molecule has 3 rings (SSSR count). The second kappa shape index (κ2) is 4.69. The molecule has 1 aromatic rings. The molecule has 1 aromatic heterocycles. The maximum absolute atomic E-state index is 13.7. The fourth-order valence-electron chi connectivity index (χ4n) is 3.75. The highest BCUT2D eigenvalue weighted by atomic mass is 35.5. The zero-order valence-electron chi connectivity index (χ0n) is 10.5. The predicted octanol–water partition coefficient (Wildman–Crippen LogP) is 4.11. The van der Waals surface area contributed by atoms with Gasteiger partial charge in [-0.25, -0.2) is 9.37 Å². The standard InChI is InChI=1S/C14H18ClFN2/c1-8(12-5-9-2-3-10(12)4-9)18-14-13(16)6-11(15)7-17-14/h6-10,12H,2-5H2,1H3,(H,17,18). The average Bonchev–Trinajstić information content (AvgIpc) is 2.94. The molecule has 2 aliphatic rings. The molecule has 4 heteroatoms. The second-order valence-corrected chi connectivity index (χ2v) is 6.19. The fourth-order valence-corrected chi connectivity index (χ4v) is 3.89. The van der Waals surface area contributed by atoms with E-state index >= 15 is 0 Å². The molecule has 2 nitrogen and oxygen atoms in total. The Morgan fingerprint density at radius 2 is 2.28 bits per heavy atom. The van der Waals surface area contributed by atoms with Gasteiger partial charge in [-0.2, -0.15) is 0 Å². The zero-order chi connectivity index (χ0) is 12.7. The van der Waals surface area contributed by atoms with Crippen molar-refractivity contribution in [2.45, 2.75) is 38.6 Å². The topological polar surface area (TPSA) is 24.9 Å². The Morgan fingerprint density at radius 3 is 2.89 bits per heavy atom. The average molecular weight is 269 g/mol. The van der Waals surface area contributed by atoms with E-state index in [9.17, 15) is 4.39 Å². The summed E-state index contributed by atoms with van der Waals surface area (Å²) in [6.45, 7) is 2.14. The van der Waals surface area contributed by atoms with Crippen molar-refractivity contribution in [1.82, 2.24) is 4.98 Å². The number of halogens is 2. The Balaban J connectivity index is 1.69. The van der Waals surface area contributed by atoms with Gasteiger partial charge in [0.1, 0.15) is 0 Å². The van der Waals surface area contributed by atoms with E-state index in [2.05, 4.69) is 17.2 Å². The van der Waals surface area contributed by atoms with E-state index in [-0.39, 0.29) is 11.9 Å². The van der Waals surface area contributed by atoms with Gasteiger partial charge in [0.05, 0.1) is 5.02 Å². The minimum Gasteiger partial charge on any atom is -0.365 e. The third kappa shape index (κ3) is 2.20. The molecule has 2 aliphatic carbocycles. The zero-order valence-corrected chi connectivity index (χ0v) is 11.3. The Hall–Kier alpha value is -0.830. The van der Waals surface area contributed by atoms with Gasteiger partial charge >= 0.3 is 0 Å². The first kappa shape index (κ1) is 12.2. The Labute approximate surface area is 112 Å². The van der Waals surface area contributed by atoms with Gasteiger partial charge in [0.15, 0.2) is 11.6 Å². The van der Waals surface area contributed by atoms with Gasteiger partial charge in [-0.1, -0.05) is 18.0 Å². The molecule has 98 valence electrons. The maximum atomic E-state index is 13.7. The van der Waals surface area contributed by atoms with Crippen LogP contribution < -0.4 is 5.32 Å². The van der Waals surface area contributed by atoms with Gasteiger partial charge < -0.3 is 5.32 Å². The Morgan fingerprint density at radius 1 is 1.44 bits per heavy atom. The van der Waals surface area contributed by atoms with Crippen LogP contribution in [0.1, 0.15) is 32.6 Å². The summed E-state index contributed by atoms with van der Waals surface area (Å²) in [4.78, 5) is 4.03. The van der Waals surface area contributed by atoms with E-state index in [1.165, 1.54) is 37.9 Å². The van der Waals surface area contributed by atoms with Crippen molar-refractivity contribution in [3.05, 3.63) is 23.1 Å². The van der Waals surface area contributed by atoms with E-state index in [0.29, 0.717) is 16.8 Å². The minimum atomic E-state index is -0.363. The van der Waals surface area contributed by atoms with Crippen LogP contribution in [0.5, 0.6) is 0 Å². The normalized spacial score (nSPS) is 31.6. The van der Waals surface area contributed by atoms with Crippen LogP contribution in [0.2, 0.25) is 5.02 Å². The summed E-state index contributed by atoms with van der Waals surface area (Å²) in [6, 6.07) is 1.59. The quantitative estimate of drug-likeness (QED) is 0.892. The van der Waals surface area contributed by atoms with Crippen LogP contribution in [0.25, 0.3) is 0 Å². The number of nitrogens with zero attached hydrogens (tertiary/aromatic N) is 1. The molecule has 2 fully saturated rings. The monoisotopic (exact) mass is 268 g/mol. The number of pyridine rings is 1. The number of aromatic nitrogens is 1. The maximum Gasteiger partial charge on any atom is 0.166 e. The number of nitrogens with one attached hydrogen (secondary N) is 1. The summed E-state index contributed by atoms with van der Waals surface area (Å²) >= 11 is 5.70. The van der Waals surface area contributed by atoms with Crippen LogP contribution in [0.4, 0.5) is 10.2 Å². The van der Waals surface area contributed by atoms with Crippen molar-refractivity contribution in [1.29, 1.82) is 0 Å². The lowest BCUT2D eigenvalue weighted by Crippen LogP contribution is -2.30. The number of hydrogen-bond acceptors (Lipinski definition) is 2. The molecule has 1 N–H and O–H groups in total. The lowest BCUT2D eigenvalue weighted by atomic mass is 9.84. The highest BCUT2D eigenvalue weighted by molar-refractivity contribution is 6.30. The van der Waals surface area contributed by atoms with E-state index < -0.39 is 0 Å². The molecule has 4 unspecified atom stereocenters. The van der Waals surface area contributed by atoms with Crippen molar-refractivity contribution >= 4 is 17.4 Å². The Bertz CT molecular complexity index is 451. The summed E-state index contributed by atoms with van der Waals surface area (Å²) in [5.74, 6) is 2.37. The summed E-state index contributed by atoms with van der Waals surface area (Å²) in [5, 5.41) is 3.56. The molecule has 0 aliphatic heterocycles. The molecule has 18 heavy (non-hydrogen) atoms. The first-order valence-electron chi connectivity index (χ1n) is 6.71. The van der Waals surface area contributed by atoms with Crippen molar-refractivity contribution in [3.63, 3.8) is 0 Å². The van der Waals surface area contributed by atoms with Crippen molar-refractivity contribution < 1.29 is 4.39 Å². The van der Waals surface area contributed by atoms with Crippen LogP contribution >= 0.6 is 11.6 Å². The molecule has 0 amide bonds. The van der Waals surface area contributed by atoms with Crippen LogP contribution in [-0.2, 0) is 0 Å². The van der Waals surface area contributed by atoms with E-state index in [0.717, 1.165) is 11.8 Å². The summed E-state index contributed by atoms with van der Waals surface area (Å²) in [7, 11) is 0. The van der Waals surface area contributed by atoms with E-state index in [4.69, 9.17) is 11.6 Å². The van der Waals surface area contributed by atoms with Gasteiger partial charge in [-0.15, -0.1) is 0 Å².